The Morgan fingerprint density at radius 1 is 1.45 bits per heavy atom. The Kier molecular flexibility index (Phi) is 5.05. The van der Waals surface area contributed by atoms with E-state index >= 15 is 0 Å². The average Bonchev–Trinajstić information content (AvgIpc) is 3.18. The third-order valence-corrected chi connectivity index (χ3v) is 5.05. The average molecular weight is 318 g/mol. The Hall–Kier alpha value is -1.46. The van der Waals surface area contributed by atoms with Crippen LogP contribution in [0, 0.1) is 0 Å². The Morgan fingerprint density at radius 2 is 2.32 bits per heavy atom. The van der Waals surface area contributed by atoms with Gasteiger partial charge >= 0.3 is 0 Å². The molecule has 1 N–H and O–H groups in total. The lowest BCUT2D eigenvalue weighted by Gasteiger charge is -2.10. The number of thioether (sulfide) groups is 1. The molecule has 0 spiro atoms. The van der Waals surface area contributed by atoms with E-state index in [1.807, 2.05) is 6.07 Å². The minimum atomic E-state index is 0.0776. The molecule has 2 heterocycles. The molecular formula is C17H22N2O2S. The van der Waals surface area contributed by atoms with Crippen LogP contribution < -0.4 is 5.32 Å². The summed E-state index contributed by atoms with van der Waals surface area (Å²) in [4.78, 5) is 13.2. The molecule has 1 aliphatic rings. The van der Waals surface area contributed by atoms with Gasteiger partial charge in [0.25, 0.3) is 0 Å². The van der Waals surface area contributed by atoms with Gasteiger partial charge in [-0.2, -0.15) is 0 Å². The second kappa shape index (κ2) is 7.20. The van der Waals surface area contributed by atoms with Crippen LogP contribution in [0.3, 0.4) is 0 Å². The highest BCUT2D eigenvalue weighted by molar-refractivity contribution is 8.00. The molecule has 1 aromatic heterocycles. The summed E-state index contributed by atoms with van der Waals surface area (Å²) in [5.41, 5.74) is 1.23. The van der Waals surface area contributed by atoms with Gasteiger partial charge in [-0.25, -0.2) is 0 Å². The second-order valence-electron chi connectivity index (χ2n) is 5.52. The highest BCUT2D eigenvalue weighted by Crippen LogP contribution is 2.29. The molecule has 3 rings (SSSR count). The molecule has 0 radical (unpaired) electrons. The number of hydrogen-bond donors (Lipinski definition) is 1. The Bertz CT molecular complexity index is 647. The third-order valence-electron chi connectivity index (χ3n) is 4.00. The number of aryl methyl sites for hydroxylation is 1. The number of benzene rings is 1. The lowest BCUT2D eigenvalue weighted by atomic mass is 10.2. The van der Waals surface area contributed by atoms with Crippen molar-refractivity contribution in [1.82, 2.24) is 9.88 Å². The molecule has 1 aromatic carbocycles. The van der Waals surface area contributed by atoms with Crippen LogP contribution in [-0.4, -0.2) is 35.5 Å². The maximum atomic E-state index is 12.0. The van der Waals surface area contributed by atoms with Crippen LogP contribution in [0.4, 0.5) is 0 Å². The number of ether oxygens (including phenoxy) is 1. The summed E-state index contributed by atoms with van der Waals surface area (Å²) >= 11 is 1.60. The minimum absolute atomic E-state index is 0.0776. The van der Waals surface area contributed by atoms with Crippen molar-refractivity contribution >= 4 is 28.6 Å². The molecule has 0 aliphatic carbocycles. The number of aromatic nitrogens is 1. The van der Waals surface area contributed by atoms with Gasteiger partial charge in [0.2, 0.25) is 5.91 Å². The molecule has 22 heavy (non-hydrogen) atoms. The van der Waals surface area contributed by atoms with Gasteiger partial charge in [0.1, 0.15) is 0 Å². The topological polar surface area (TPSA) is 43.3 Å². The summed E-state index contributed by atoms with van der Waals surface area (Å²) in [6.45, 7) is 4.53. The van der Waals surface area contributed by atoms with Gasteiger partial charge in [0.15, 0.2) is 0 Å². The van der Waals surface area contributed by atoms with Crippen LogP contribution >= 0.6 is 11.8 Å². The van der Waals surface area contributed by atoms with Crippen molar-refractivity contribution in [1.29, 1.82) is 0 Å². The van der Waals surface area contributed by atoms with Gasteiger partial charge in [0.05, 0.1) is 11.9 Å². The number of nitrogens with one attached hydrogen (secondary N) is 1. The van der Waals surface area contributed by atoms with Crippen molar-refractivity contribution in [2.45, 2.75) is 37.3 Å². The van der Waals surface area contributed by atoms with Gasteiger partial charge in [-0.3, -0.25) is 4.79 Å². The standard InChI is InChI=1S/C17H22N2O2S/c1-2-19-11-16(14-7-3-4-8-15(14)19)22-12-17(20)18-10-13-6-5-9-21-13/h3-4,7-8,11,13H,2,5-6,9-10,12H2,1H3,(H,18,20)/t13-/m1/s1. The summed E-state index contributed by atoms with van der Waals surface area (Å²) in [5.74, 6) is 0.526. The number of carbonyl (C=O) groups excluding carboxylic acids is 1. The van der Waals surface area contributed by atoms with Crippen LogP contribution in [0.15, 0.2) is 35.4 Å². The molecule has 1 aliphatic heterocycles. The second-order valence-corrected chi connectivity index (χ2v) is 6.54. The van der Waals surface area contributed by atoms with Gasteiger partial charge in [0, 0.05) is 41.7 Å². The van der Waals surface area contributed by atoms with Crippen molar-refractivity contribution in [3.05, 3.63) is 30.5 Å². The fraction of sp³-hybridized carbons (Fsp3) is 0.471. The van der Waals surface area contributed by atoms with Gasteiger partial charge < -0.3 is 14.6 Å². The predicted octanol–water partition coefficient (Wildman–Crippen LogP) is 3.05. The van der Waals surface area contributed by atoms with Crippen molar-refractivity contribution in [2.24, 2.45) is 0 Å². The van der Waals surface area contributed by atoms with Crippen LogP contribution in [0.25, 0.3) is 10.9 Å². The first kappa shape index (κ1) is 15.4. The smallest absolute Gasteiger partial charge is 0.230 e. The van der Waals surface area contributed by atoms with Crippen LogP contribution in [0.5, 0.6) is 0 Å². The monoisotopic (exact) mass is 318 g/mol. The molecule has 0 bridgehead atoms. The molecule has 1 atom stereocenters. The fourth-order valence-corrected chi connectivity index (χ4v) is 3.74. The van der Waals surface area contributed by atoms with Gasteiger partial charge in [-0.15, -0.1) is 11.8 Å². The maximum absolute atomic E-state index is 12.0. The van der Waals surface area contributed by atoms with Crippen LogP contribution in [0.1, 0.15) is 19.8 Å². The van der Waals surface area contributed by atoms with E-state index in [0.717, 1.165) is 26.0 Å². The summed E-state index contributed by atoms with van der Waals surface area (Å²) in [7, 11) is 0. The SMILES string of the molecule is CCn1cc(SCC(=O)NC[C@H]2CCCO2)c2ccccc21. The Morgan fingerprint density at radius 3 is 3.09 bits per heavy atom. The zero-order valence-electron chi connectivity index (χ0n) is 12.9. The number of para-hydroxylation sites is 1. The first-order chi connectivity index (χ1) is 10.8. The van der Waals surface area contributed by atoms with E-state index in [0.29, 0.717) is 12.3 Å². The Labute approximate surface area is 135 Å². The van der Waals surface area contributed by atoms with E-state index in [-0.39, 0.29) is 12.0 Å². The largest absolute Gasteiger partial charge is 0.376 e. The molecule has 0 unspecified atom stereocenters. The Balaban J connectivity index is 1.57. The van der Waals surface area contributed by atoms with E-state index < -0.39 is 0 Å². The molecule has 118 valence electrons. The first-order valence-corrected chi connectivity index (χ1v) is 8.85. The molecule has 5 heteroatoms. The zero-order chi connectivity index (χ0) is 15.4. The number of amides is 1. The number of nitrogens with zero attached hydrogens (tertiary/aromatic N) is 1. The van der Waals surface area contributed by atoms with Crippen molar-refractivity contribution < 1.29 is 9.53 Å². The maximum Gasteiger partial charge on any atom is 0.230 e. The zero-order valence-corrected chi connectivity index (χ0v) is 13.7. The normalized spacial score (nSPS) is 18.0. The number of carbonyl (C=O) groups is 1. The number of fused-ring (bicyclic) bond motifs is 1. The molecule has 4 nitrogen and oxygen atoms in total. The van der Waals surface area contributed by atoms with Crippen molar-refractivity contribution in [2.75, 3.05) is 18.9 Å². The van der Waals surface area contributed by atoms with Gasteiger partial charge in [-0.05, 0) is 25.8 Å². The summed E-state index contributed by atoms with van der Waals surface area (Å²) in [6, 6.07) is 8.34. The van der Waals surface area contributed by atoms with Crippen molar-refractivity contribution in [3.63, 3.8) is 0 Å². The van der Waals surface area contributed by atoms with E-state index in [4.69, 9.17) is 4.74 Å². The van der Waals surface area contributed by atoms with Gasteiger partial charge in [-0.1, -0.05) is 18.2 Å². The van der Waals surface area contributed by atoms with E-state index in [1.54, 1.807) is 11.8 Å². The molecule has 1 amide bonds. The summed E-state index contributed by atoms with van der Waals surface area (Å²) in [5, 5.41) is 4.20. The van der Waals surface area contributed by atoms with Crippen molar-refractivity contribution in [3.8, 4) is 0 Å². The van der Waals surface area contributed by atoms with Crippen LogP contribution in [0.2, 0.25) is 0 Å². The highest BCUT2D eigenvalue weighted by atomic mass is 32.2. The molecule has 0 saturated carbocycles. The third kappa shape index (κ3) is 3.47. The highest BCUT2D eigenvalue weighted by Gasteiger charge is 2.16. The minimum Gasteiger partial charge on any atom is -0.376 e. The summed E-state index contributed by atoms with van der Waals surface area (Å²) < 4.78 is 7.74. The van der Waals surface area contributed by atoms with E-state index in [9.17, 15) is 4.79 Å². The first-order valence-electron chi connectivity index (χ1n) is 7.87. The quantitative estimate of drug-likeness (QED) is 0.833. The summed E-state index contributed by atoms with van der Waals surface area (Å²) in [6.07, 6.45) is 4.50. The molecule has 1 fully saturated rings. The predicted molar refractivity (Wildman–Crippen MR) is 90.3 cm³/mol. The number of hydrogen-bond acceptors (Lipinski definition) is 3. The lowest BCUT2D eigenvalue weighted by Crippen LogP contribution is -2.32. The molecular weight excluding hydrogens is 296 g/mol. The number of rotatable bonds is 6. The molecule has 1 saturated heterocycles. The van der Waals surface area contributed by atoms with E-state index in [1.165, 1.54) is 15.8 Å². The van der Waals surface area contributed by atoms with E-state index in [2.05, 4.69) is 41.2 Å². The fourth-order valence-electron chi connectivity index (χ4n) is 2.82. The van der Waals surface area contributed by atoms with Crippen LogP contribution in [-0.2, 0) is 16.1 Å². The molecule has 2 aromatic rings. The lowest BCUT2D eigenvalue weighted by molar-refractivity contribution is -0.119.